The quantitative estimate of drug-likeness (QED) is 0.514. The Hall–Kier alpha value is -3.26. The Kier molecular flexibility index (Phi) is 8.11. The number of carbonyl (C=O) groups excluding carboxylic acids is 3. The van der Waals surface area contributed by atoms with Crippen LogP contribution in [-0.4, -0.2) is 37.6 Å². The average Bonchev–Trinajstić information content (AvgIpc) is 2.70. The first-order valence-corrected chi connectivity index (χ1v) is 8.72. The number of rotatable bonds is 8. The van der Waals surface area contributed by atoms with Crippen LogP contribution in [0.2, 0.25) is 5.02 Å². The molecule has 2 N–H and O–H groups in total. The van der Waals surface area contributed by atoms with E-state index >= 15 is 0 Å². The van der Waals surface area contributed by atoms with Gasteiger partial charge in [0.25, 0.3) is 11.8 Å². The Morgan fingerprint density at radius 2 is 1.50 bits per heavy atom. The van der Waals surface area contributed by atoms with E-state index in [-0.39, 0.29) is 19.8 Å². The van der Waals surface area contributed by atoms with Gasteiger partial charge < -0.3 is 14.2 Å². The first-order chi connectivity index (χ1) is 13.5. The molecule has 148 valence electrons. The third kappa shape index (κ3) is 6.81. The number of halogens is 1. The van der Waals surface area contributed by atoms with E-state index in [2.05, 4.69) is 10.9 Å². The van der Waals surface area contributed by atoms with Gasteiger partial charge in [-0.3, -0.25) is 20.4 Å². The number of esters is 1. The summed E-state index contributed by atoms with van der Waals surface area (Å²) >= 11 is 5.91. The molecule has 9 heteroatoms. The second-order valence-electron chi connectivity index (χ2n) is 5.35. The minimum atomic E-state index is -0.569. The molecule has 0 saturated carbocycles. The summed E-state index contributed by atoms with van der Waals surface area (Å²) in [6, 6.07) is 12.8. The number of hydrogen-bond donors (Lipinski definition) is 2. The highest BCUT2D eigenvalue weighted by Crippen LogP contribution is 2.22. The molecule has 0 unspecified atom stereocenters. The first kappa shape index (κ1) is 21.0. The zero-order valence-corrected chi connectivity index (χ0v) is 15.8. The van der Waals surface area contributed by atoms with Crippen LogP contribution in [0, 0.1) is 0 Å². The van der Waals surface area contributed by atoms with Gasteiger partial charge in [0.2, 0.25) is 0 Å². The van der Waals surface area contributed by atoms with Crippen LogP contribution in [0.15, 0.2) is 48.5 Å². The van der Waals surface area contributed by atoms with E-state index in [0.717, 1.165) is 0 Å². The molecule has 0 atom stereocenters. The van der Waals surface area contributed by atoms with E-state index in [1.165, 1.54) is 24.3 Å². The van der Waals surface area contributed by atoms with E-state index in [4.69, 9.17) is 25.8 Å². The van der Waals surface area contributed by atoms with Gasteiger partial charge in [-0.1, -0.05) is 23.7 Å². The van der Waals surface area contributed by atoms with Crippen molar-refractivity contribution in [2.24, 2.45) is 0 Å². The molecular weight excluding hydrogens is 388 g/mol. The number of ether oxygens (including phenoxy) is 3. The molecule has 8 nitrogen and oxygen atoms in total. The standard InChI is InChI=1S/C19H19ClN2O6/c1-2-26-19(25)13-7-9-14(10-8-13)27-11-17(23)21-22-18(24)12-28-16-6-4-3-5-15(16)20/h3-10H,2,11-12H2,1H3,(H,21,23)(H,22,24). The molecule has 2 aromatic rings. The fraction of sp³-hybridized carbons (Fsp3) is 0.211. The van der Waals surface area contributed by atoms with E-state index in [1.807, 2.05) is 0 Å². The largest absolute Gasteiger partial charge is 0.484 e. The summed E-state index contributed by atoms with van der Waals surface area (Å²) < 4.78 is 15.4. The van der Waals surface area contributed by atoms with Crippen molar-refractivity contribution in [3.63, 3.8) is 0 Å². The van der Waals surface area contributed by atoms with Crippen LogP contribution in [0.25, 0.3) is 0 Å². The maximum atomic E-state index is 11.7. The molecule has 0 bridgehead atoms. The van der Waals surface area contributed by atoms with Crippen molar-refractivity contribution in [2.75, 3.05) is 19.8 Å². The minimum absolute atomic E-state index is 0.284. The summed E-state index contributed by atoms with van der Waals surface area (Å²) in [7, 11) is 0. The molecule has 0 aromatic heterocycles. The van der Waals surface area contributed by atoms with Gasteiger partial charge in [-0.05, 0) is 43.3 Å². The molecule has 0 aliphatic rings. The lowest BCUT2D eigenvalue weighted by atomic mass is 10.2. The Labute approximate surface area is 166 Å². The predicted octanol–water partition coefficient (Wildman–Crippen LogP) is 2.12. The summed E-state index contributed by atoms with van der Waals surface area (Å²) in [6.45, 7) is 1.35. The van der Waals surface area contributed by atoms with Gasteiger partial charge >= 0.3 is 5.97 Å². The molecule has 2 amide bonds. The molecule has 28 heavy (non-hydrogen) atoms. The average molecular weight is 407 g/mol. The summed E-state index contributed by atoms with van der Waals surface area (Å²) in [5, 5.41) is 0.377. The van der Waals surface area contributed by atoms with Crippen LogP contribution >= 0.6 is 11.6 Å². The minimum Gasteiger partial charge on any atom is -0.484 e. The molecule has 2 aromatic carbocycles. The highest BCUT2D eigenvalue weighted by molar-refractivity contribution is 6.32. The highest BCUT2D eigenvalue weighted by atomic mass is 35.5. The van der Waals surface area contributed by atoms with Crippen molar-refractivity contribution in [3.05, 3.63) is 59.1 Å². The molecule has 0 aliphatic carbocycles. The number of hydrogen-bond acceptors (Lipinski definition) is 6. The maximum absolute atomic E-state index is 11.7. The lowest BCUT2D eigenvalue weighted by Gasteiger charge is -2.10. The summed E-state index contributed by atoms with van der Waals surface area (Å²) in [5.41, 5.74) is 4.78. The molecule has 2 rings (SSSR count). The number of para-hydroxylation sites is 1. The molecule has 0 aliphatic heterocycles. The zero-order valence-electron chi connectivity index (χ0n) is 15.1. The number of carbonyl (C=O) groups is 3. The third-order valence-corrected chi connectivity index (χ3v) is 3.58. The van der Waals surface area contributed by atoms with Crippen molar-refractivity contribution < 1.29 is 28.6 Å². The van der Waals surface area contributed by atoms with Gasteiger partial charge in [0.15, 0.2) is 13.2 Å². The number of hydrazine groups is 1. The second kappa shape index (κ2) is 10.8. The molecule has 0 heterocycles. The van der Waals surface area contributed by atoms with Crippen molar-refractivity contribution >= 4 is 29.4 Å². The Morgan fingerprint density at radius 1 is 0.893 bits per heavy atom. The van der Waals surface area contributed by atoms with E-state index < -0.39 is 17.8 Å². The third-order valence-electron chi connectivity index (χ3n) is 3.27. The van der Waals surface area contributed by atoms with Crippen LogP contribution in [0.5, 0.6) is 11.5 Å². The second-order valence-corrected chi connectivity index (χ2v) is 5.76. The summed E-state index contributed by atoms with van der Waals surface area (Å²) in [6.07, 6.45) is 0. The zero-order chi connectivity index (χ0) is 20.4. The lowest BCUT2D eigenvalue weighted by Crippen LogP contribution is -2.45. The molecule has 0 spiro atoms. The van der Waals surface area contributed by atoms with E-state index in [9.17, 15) is 14.4 Å². The Morgan fingerprint density at radius 3 is 2.11 bits per heavy atom. The number of benzene rings is 2. The number of nitrogens with one attached hydrogen (secondary N) is 2. The van der Waals surface area contributed by atoms with Gasteiger partial charge in [0.1, 0.15) is 11.5 Å². The van der Waals surface area contributed by atoms with Crippen LogP contribution < -0.4 is 20.3 Å². The maximum Gasteiger partial charge on any atom is 0.338 e. The van der Waals surface area contributed by atoms with Crippen molar-refractivity contribution in [1.82, 2.24) is 10.9 Å². The normalized spacial score (nSPS) is 9.93. The lowest BCUT2D eigenvalue weighted by molar-refractivity contribution is -0.131. The van der Waals surface area contributed by atoms with Gasteiger partial charge in [-0.2, -0.15) is 0 Å². The predicted molar refractivity (Wildman–Crippen MR) is 101 cm³/mol. The smallest absolute Gasteiger partial charge is 0.338 e. The first-order valence-electron chi connectivity index (χ1n) is 8.34. The molecule has 0 saturated heterocycles. The van der Waals surface area contributed by atoms with E-state index in [0.29, 0.717) is 22.1 Å². The molecule has 0 radical (unpaired) electrons. The Balaban J connectivity index is 1.68. The SMILES string of the molecule is CCOC(=O)c1ccc(OCC(=O)NNC(=O)COc2ccccc2Cl)cc1. The van der Waals surface area contributed by atoms with Crippen molar-refractivity contribution in [2.45, 2.75) is 6.92 Å². The number of amides is 2. The molecule has 0 fully saturated rings. The van der Waals surface area contributed by atoms with Crippen molar-refractivity contribution in [3.8, 4) is 11.5 Å². The van der Waals surface area contributed by atoms with Crippen LogP contribution in [-0.2, 0) is 14.3 Å². The van der Waals surface area contributed by atoms with Gasteiger partial charge in [-0.25, -0.2) is 4.79 Å². The Bertz CT molecular complexity index is 825. The van der Waals surface area contributed by atoms with Crippen LogP contribution in [0.1, 0.15) is 17.3 Å². The van der Waals surface area contributed by atoms with E-state index in [1.54, 1.807) is 31.2 Å². The fourth-order valence-electron chi connectivity index (χ4n) is 1.97. The van der Waals surface area contributed by atoms with Gasteiger partial charge in [-0.15, -0.1) is 0 Å². The van der Waals surface area contributed by atoms with Gasteiger partial charge in [0.05, 0.1) is 17.2 Å². The topological polar surface area (TPSA) is 103 Å². The van der Waals surface area contributed by atoms with Crippen molar-refractivity contribution in [1.29, 1.82) is 0 Å². The summed E-state index contributed by atoms with van der Waals surface area (Å²) in [4.78, 5) is 35.0. The monoisotopic (exact) mass is 406 g/mol. The highest BCUT2D eigenvalue weighted by Gasteiger charge is 2.09. The van der Waals surface area contributed by atoms with Crippen LogP contribution in [0.4, 0.5) is 0 Å². The molecular formula is C19H19ClN2O6. The summed E-state index contributed by atoms with van der Waals surface area (Å²) in [5.74, 6) is -0.821. The van der Waals surface area contributed by atoms with Crippen LogP contribution in [0.3, 0.4) is 0 Å². The van der Waals surface area contributed by atoms with Gasteiger partial charge in [0, 0.05) is 0 Å². The fourth-order valence-corrected chi connectivity index (χ4v) is 2.16.